The summed E-state index contributed by atoms with van der Waals surface area (Å²) in [6.45, 7) is 11.2. The summed E-state index contributed by atoms with van der Waals surface area (Å²) in [7, 11) is -0.372. The van der Waals surface area contributed by atoms with E-state index in [1.54, 1.807) is 18.3 Å². The molecule has 0 aliphatic rings. The summed E-state index contributed by atoms with van der Waals surface area (Å²) in [5, 5.41) is 0.247. The van der Waals surface area contributed by atoms with Gasteiger partial charge >= 0.3 is 0 Å². The highest BCUT2D eigenvalue weighted by atomic mass is 35.5. The fraction of sp³-hybridized carbons (Fsp3) is 0.444. The Hall–Kier alpha value is -1.50. The van der Waals surface area contributed by atoms with E-state index in [2.05, 4.69) is 43.8 Å². The average Bonchev–Trinajstić information content (AvgIpc) is 2.53. The van der Waals surface area contributed by atoms with Crippen LogP contribution < -0.4 is 4.74 Å². The highest BCUT2D eigenvalue weighted by molar-refractivity contribution is 6.74. The standard InChI is InChI=1S/C18H24ClFN2O2Si/c1-18(2,3)25(5,6)24-11-12-10-21-16(17(19)22-12)14-9-13(23-4)7-8-15(14)20/h7-10H,11H2,1-6H3. The van der Waals surface area contributed by atoms with Gasteiger partial charge < -0.3 is 9.16 Å². The van der Waals surface area contributed by atoms with Crippen LogP contribution in [0.2, 0.25) is 23.3 Å². The molecule has 4 nitrogen and oxygen atoms in total. The Bertz CT molecular complexity index is 763. The third-order valence-electron chi connectivity index (χ3n) is 4.60. The van der Waals surface area contributed by atoms with E-state index < -0.39 is 14.1 Å². The molecule has 1 aromatic heterocycles. The molecular weight excluding hydrogens is 359 g/mol. The molecular formula is C18H24ClFN2O2Si. The summed E-state index contributed by atoms with van der Waals surface area (Å²) in [5.74, 6) is 0.0990. The molecule has 0 bridgehead atoms. The number of aromatic nitrogens is 2. The van der Waals surface area contributed by atoms with Gasteiger partial charge in [-0.25, -0.2) is 9.37 Å². The minimum Gasteiger partial charge on any atom is -0.497 e. The molecule has 0 saturated heterocycles. The highest BCUT2D eigenvalue weighted by Crippen LogP contribution is 2.37. The Morgan fingerprint density at radius 2 is 1.92 bits per heavy atom. The van der Waals surface area contributed by atoms with Gasteiger partial charge in [-0.2, -0.15) is 0 Å². The lowest BCUT2D eigenvalue weighted by molar-refractivity contribution is 0.271. The second-order valence-electron chi connectivity index (χ2n) is 7.40. The van der Waals surface area contributed by atoms with Gasteiger partial charge in [-0.3, -0.25) is 4.98 Å². The lowest BCUT2D eigenvalue weighted by Crippen LogP contribution is -2.40. The third-order valence-corrected chi connectivity index (χ3v) is 9.34. The fourth-order valence-corrected chi connectivity index (χ4v) is 3.14. The molecule has 0 radical (unpaired) electrons. The topological polar surface area (TPSA) is 44.2 Å². The molecule has 25 heavy (non-hydrogen) atoms. The second kappa shape index (κ2) is 7.39. The number of methoxy groups -OCH3 is 1. The number of halogens is 2. The zero-order valence-electron chi connectivity index (χ0n) is 15.5. The normalized spacial score (nSPS) is 12.3. The van der Waals surface area contributed by atoms with E-state index >= 15 is 0 Å². The van der Waals surface area contributed by atoms with Crippen LogP contribution in [0, 0.1) is 5.82 Å². The molecule has 1 heterocycles. The van der Waals surface area contributed by atoms with Crippen molar-refractivity contribution < 1.29 is 13.6 Å². The van der Waals surface area contributed by atoms with Crippen molar-refractivity contribution in [3.8, 4) is 17.0 Å². The first-order chi connectivity index (χ1) is 11.5. The Labute approximate surface area is 154 Å². The molecule has 136 valence electrons. The van der Waals surface area contributed by atoms with Crippen molar-refractivity contribution in [3.05, 3.63) is 41.1 Å². The molecule has 0 N–H and O–H groups in total. The molecule has 0 amide bonds. The zero-order valence-corrected chi connectivity index (χ0v) is 17.2. The van der Waals surface area contributed by atoms with Crippen LogP contribution in [0.5, 0.6) is 5.75 Å². The Kier molecular flexibility index (Phi) is 5.86. The number of benzene rings is 1. The van der Waals surface area contributed by atoms with Gasteiger partial charge in [0.25, 0.3) is 0 Å². The summed E-state index contributed by atoms with van der Waals surface area (Å²) in [5.41, 5.74) is 1.17. The predicted octanol–water partition coefficient (Wildman–Crippen LogP) is 5.47. The summed E-state index contributed by atoms with van der Waals surface area (Å²) in [6.07, 6.45) is 1.58. The molecule has 0 aliphatic heterocycles. The van der Waals surface area contributed by atoms with Gasteiger partial charge in [0.15, 0.2) is 13.5 Å². The van der Waals surface area contributed by atoms with E-state index in [4.69, 9.17) is 20.8 Å². The molecule has 1 aromatic carbocycles. The van der Waals surface area contributed by atoms with E-state index in [1.807, 2.05) is 0 Å². The molecule has 0 saturated carbocycles. The van der Waals surface area contributed by atoms with Crippen LogP contribution in [-0.4, -0.2) is 25.4 Å². The van der Waals surface area contributed by atoms with Crippen molar-refractivity contribution >= 4 is 19.9 Å². The van der Waals surface area contributed by atoms with E-state index in [1.165, 1.54) is 13.2 Å². The molecule has 2 aromatic rings. The largest absolute Gasteiger partial charge is 0.497 e. The quantitative estimate of drug-likeness (QED) is 0.643. The monoisotopic (exact) mass is 382 g/mol. The van der Waals surface area contributed by atoms with Crippen molar-refractivity contribution in [3.63, 3.8) is 0 Å². The van der Waals surface area contributed by atoms with Crippen LogP contribution in [-0.2, 0) is 11.0 Å². The van der Waals surface area contributed by atoms with Crippen molar-refractivity contribution in [2.24, 2.45) is 0 Å². The van der Waals surface area contributed by atoms with E-state index in [0.717, 1.165) is 0 Å². The Morgan fingerprint density at radius 3 is 2.48 bits per heavy atom. The molecule has 0 atom stereocenters. The molecule has 0 unspecified atom stereocenters. The number of ether oxygens (including phenoxy) is 1. The maximum absolute atomic E-state index is 14.1. The van der Waals surface area contributed by atoms with Gasteiger partial charge in [-0.1, -0.05) is 32.4 Å². The van der Waals surface area contributed by atoms with E-state index in [0.29, 0.717) is 18.1 Å². The highest BCUT2D eigenvalue weighted by Gasteiger charge is 2.37. The average molecular weight is 383 g/mol. The van der Waals surface area contributed by atoms with Gasteiger partial charge in [0.1, 0.15) is 17.3 Å². The fourth-order valence-electron chi connectivity index (χ4n) is 1.93. The predicted molar refractivity (Wildman–Crippen MR) is 101 cm³/mol. The van der Waals surface area contributed by atoms with Gasteiger partial charge in [-0.15, -0.1) is 0 Å². The number of hydrogen-bond acceptors (Lipinski definition) is 4. The van der Waals surface area contributed by atoms with Gasteiger partial charge in [0, 0.05) is 5.56 Å². The second-order valence-corrected chi connectivity index (χ2v) is 12.6. The minimum absolute atomic E-state index is 0.105. The first-order valence-corrected chi connectivity index (χ1v) is 11.3. The molecule has 0 aliphatic carbocycles. The van der Waals surface area contributed by atoms with Crippen LogP contribution in [0.25, 0.3) is 11.3 Å². The first kappa shape index (κ1) is 19.8. The van der Waals surface area contributed by atoms with Gasteiger partial charge in [-0.05, 0) is 36.3 Å². The van der Waals surface area contributed by atoms with E-state index in [-0.39, 0.29) is 21.4 Å². The lowest BCUT2D eigenvalue weighted by atomic mass is 10.1. The summed E-state index contributed by atoms with van der Waals surface area (Å²) in [6, 6.07) is 4.42. The smallest absolute Gasteiger partial charge is 0.192 e. The van der Waals surface area contributed by atoms with Crippen LogP contribution in [0.4, 0.5) is 4.39 Å². The van der Waals surface area contributed by atoms with E-state index in [9.17, 15) is 4.39 Å². The summed E-state index contributed by atoms with van der Waals surface area (Å²) in [4.78, 5) is 8.62. The maximum atomic E-state index is 14.1. The first-order valence-electron chi connectivity index (χ1n) is 8.04. The zero-order chi connectivity index (χ0) is 18.8. The van der Waals surface area contributed by atoms with Crippen LogP contribution in [0.3, 0.4) is 0 Å². The number of nitrogens with zero attached hydrogens (tertiary/aromatic N) is 2. The molecule has 0 fully saturated rings. The number of rotatable bonds is 5. The SMILES string of the molecule is COc1ccc(F)c(-c2ncc(CO[Si](C)(C)C(C)(C)C)nc2Cl)c1. The van der Waals surface area contributed by atoms with Crippen molar-refractivity contribution in [1.82, 2.24) is 9.97 Å². The van der Waals surface area contributed by atoms with Crippen LogP contribution in [0.15, 0.2) is 24.4 Å². The Balaban J connectivity index is 2.25. The molecule has 0 spiro atoms. The summed E-state index contributed by atoms with van der Waals surface area (Å²) < 4.78 is 25.4. The van der Waals surface area contributed by atoms with Crippen molar-refractivity contribution in [2.45, 2.75) is 45.5 Å². The number of hydrogen-bond donors (Lipinski definition) is 0. The van der Waals surface area contributed by atoms with Gasteiger partial charge in [0.05, 0.1) is 25.6 Å². The lowest BCUT2D eigenvalue weighted by Gasteiger charge is -2.36. The molecule has 2 rings (SSSR count). The van der Waals surface area contributed by atoms with Crippen molar-refractivity contribution in [2.75, 3.05) is 7.11 Å². The maximum Gasteiger partial charge on any atom is 0.192 e. The third kappa shape index (κ3) is 4.57. The Morgan fingerprint density at radius 1 is 1.24 bits per heavy atom. The van der Waals surface area contributed by atoms with Crippen LogP contribution >= 0.6 is 11.6 Å². The van der Waals surface area contributed by atoms with Crippen molar-refractivity contribution in [1.29, 1.82) is 0 Å². The van der Waals surface area contributed by atoms with Crippen LogP contribution in [0.1, 0.15) is 26.5 Å². The van der Waals surface area contributed by atoms with Gasteiger partial charge in [0.2, 0.25) is 0 Å². The molecule has 7 heteroatoms. The minimum atomic E-state index is -1.89. The summed E-state index contributed by atoms with van der Waals surface area (Å²) >= 11 is 6.25.